The normalized spacial score (nSPS) is 14.5. The van der Waals surface area contributed by atoms with Crippen molar-refractivity contribution in [3.05, 3.63) is 64.4 Å². The molecule has 0 N–H and O–H groups in total. The summed E-state index contributed by atoms with van der Waals surface area (Å²) >= 11 is 1.41. The predicted molar refractivity (Wildman–Crippen MR) is 97.0 cm³/mol. The number of para-hydroxylation sites is 1. The molecular formula is C19H15F3N2O2S. The summed E-state index contributed by atoms with van der Waals surface area (Å²) in [7, 11) is 0. The fourth-order valence-electron chi connectivity index (χ4n) is 2.82. The van der Waals surface area contributed by atoms with Gasteiger partial charge >= 0.3 is 6.36 Å². The molecule has 0 saturated heterocycles. The van der Waals surface area contributed by atoms with Crippen molar-refractivity contribution in [2.24, 2.45) is 0 Å². The average Bonchev–Trinajstić information content (AvgIpc) is 3.45. The minimum absolute atomic E-state index is 0.0421. The number of aromatic nitrogens is 2. The van der Waals surface area contributed by atoms with Crippen molar-refractivity contribution < 1.29 is 17.9 Å². The van der Waals surface area contributed by atoms with Gasteiger partial charge in [-0.25, -0.2) is 4.98 Å². The van der Waals surface area contributed by atoms with Gasteiger partial charge in [0.2, 0.25) is 0 Å². The van der Waals surface area contributed by atoms with E-state index in [2.05, 4.69) is 9.72 Å². The number of nitrogens with zero attached hydrogens (tertiary/aromatic N) is 2. The van der Waals surface area contributed by atoms with Crippen molar-refractivity contribution in [2.45, 2.75) is 36.2 Å². The number of hydrogen-bond acceptors (Lipinski definition) is 4. The van der Waals surface area contributed by atoms with Crippen LogP contribution >= 0.6 is 11.8 Å². The first-order valence-electron chi connectivity index (χ1n) is 8.39. The molecule has 0 atom stereocenters. The number of ether oxygens (including phenoxy) is 1. The van der Waals surface area contributed by atoms with Gasteiger partial charge in [0.25, 0.3) is 5.56 Å². The predicted octanol–water partition coefficient (Wildman–Crippen LogP) is 4.92. The maximum atomic E-state index is 12.8. The lowest BCUT2D eigenvalue weighted by Gasteiger charge is -2.12. The Kier molecular flexibility index (Phi) is 4.59. The molecule has 1 aliphatic carbocycles. The lowest BCUT2D eigenvalue weighted by molar-refractivity contribution is -0.274. The molecule has 27 heavy (non-hydrogen) atoms. The fraction of sp³-hybridized carbons (Fsp3) is 0.263. The first-order chi connectivity index (χ1) is 12.9. The van der Waals surface area contributed by atoms with E-state index in [1.54, 1.807) is 28.8 Å². The van der Waals surface area contributed by atoms with Gasteiger partial charge in [-0.3, -0.25) is 9.36 Å². The van der Waals surface area contributed by atoms with Crippen LogP contribution in [0.15, 0.2) is 58.5 Å². The molecule has 0 spiro atoms. The molecule has 0 aliphatic heterocycles. The minimum atomic E-state index is -4.70. The zero-order chi connectivity index (χ0) is 19.0. The van der Waals surface area contributed by atoms with Gasteiger partial charge in [-0.2, -0.15) is 0 Å². The molecule has 4 nitrogen and oxygen atoms in total. The smallest absolute Gasteiger partial charge is 0.406 e. The van der Waals surface area contributed by atoms with Crippen LogP contribution in [0, 0.1) is 0 Å². The van der Waals surface area contributed by atoms with E-state index < -0.39 is 6.36 Å². The van der Waals surface area contributed by atoms with Gasteiger partial charge in [-0.05, 0) is 42.7 Å². The molecule has 8 heteroatoms. The molecule has 1 saturated carbocycles. The molecule has 2 aromatic carbocycles. The second-order valence-electron chi connectivity index (χ2n) is 6.30. The number of thioether (sulfide) groups is 1. The second-order valence-corrected chi connectivity index (χ2v) is 7.24. The number of halogens is 3. The van der Waals surface area contributed by atoms with E-state index >= 15 is 0 Å². The van der Waals surface area contributed by atoms with Gasteiger partial charge in [0.15, 0.2) is 5.16 Å². The number of hydrogen-bond donors (Lipinski definition) is 0. The molecule has 1 aromatic heterocycles. The quantitative estimate of drug-likeness (QED) is 0.457. The topological polar surface area (TPSA) is 44.1 Å². The fourth-order valence-corrected chi connectivity index (χ4v) is 3.84. The van der Waals surface area contributed by atoms with Crippen LogP contribution in [0.2, 0.25) is 0 Å². The summed E-state index contributed by atoms with van der Waals surface area (Å²) < 4.78 is 42.3. The maximum absolute atomic E-state index is 12.8. The van der Waals surface area contributed by atoms with E-state index in [0.717, 1.165) is 18.4 Å². The molecule has 3 aromatic rings. The van der Waals surface area contributed by atoms with Crippen LogP contribution in [-0.2, 0) is 5.75 Å². The molecule has 140 valence electrons. The van der Waals surface area contributed by atoms with Crippen LogP contribution in [0.5, 0.6) is 5.75 Å². The van der Waals surface area contributed by atoms with Crippen LogP contribution in [0.3, 0.4) is 0 Å². The summed E-state index contributed by atoms with van der Waals surface area (Å²) in [6.45, 7) is 0. The third kappa shape index (κ3) is 4.10. The second kappa shape index (κ2) is 6.92. The summed E-state index contributed by atoms with van der Waals surface area (Å²) in [5.41, 5.74) is 1.43. The third-order valence-electron chi connectivity index (χ3n) is 4.21. The SMILES string of the molecule is O=c1c2ccccc2nc(SCc2ccc(OC(F)(F)F)cc2)n1C1CC1. The largest absolute Gasteiger partial charge is 0.573 e. The van der Waals surface area contributed by atoms with Gasteiger partial charge < -0.3 is 4.74 Å². The number of alkyl halides is 3. The molecule has 1 heterocycles. The number of fused-ring (bicyclic) bond motifs is 1. The summed E-state index contributed by atoms with van der Waals surface area (Å²) in [6.07, 6.45) is -2.79. The lowest BCUT2D eigenvalue weighted by atomic mass is 10.2. The standard InChI is InChI=1S/C19H15F3N2O2S/c20-19(21,22)26-14-9-5-12(6-10-14)11-27-18-23-16-4-2-1-3-15(16)17(25)24(18)13-7-8-13/h1-6,9-10,13H,7-8,11H2. The van der Waals surface area contributed by atoms with Gasteiger partial charge in [-0.1, -0.05) is 36.0 Å². The minimum Gasteiger partial charge on any atom is -0.406 e. The monoisotopic (exact) mass is 392 g/mol. The molecule has 1 fully saturated rings. The molecule has 0 amide bonds. The number of rotatable bonds is 5. The first kappa shape index (κ1) is 17.9. The highest BCUT2D eigenvalue weighted by molar-refractivity contribution is 7.98. The lowest BCUT2D eigenvalue weighted by Crippen LogP contribution is -2.22. The maximum Gasteiger partial charge on any atom is 0.573 e. The van der Waals surface area contributed by atoms with E-state index in [4.69, 9.17) is 0 Å². The zero-order valence-electron chi connectivity index (χ0n) is 14.1. The Bertz CT molecular complexity index is 1030. The van der Waals surface area contributed by atoms with Crippen molar-refractivity contribution >= 4 is 22.7 Å². The van der Waals surface area contributed by atoms with E-state index in [1.807, 2.05) is 12.1 Å². The molecular weight excluding hydrogens is 377 g/mol. The van der Waals surface area contributed by atoms with Crippen molar-refractivity contribution in [3.8, 4) is 5.75 Å². The molecule has 0 bridgehead atoms. The summed E-state index contributed by atoms with van der Waals surface area (Å²) in [5.74, 6) is 0.235. The first-order valence-corrected chi connectivity index (χ1v) is 9.38. The summed E-state index contributed by atoms with van der Waals surface area (Å²) in [6, 6.07) is 13.1. The highest BCUT2D eigenvalue weighted by atomic mass is 32.2. The van der Waals surface area contributed by atoms with Gasteiger partial charge in [0, 0.05) is 11.8 Å². The van der Waals surface area contributed by atoms with E-state index in [-0.39, 0.29) is 17.4 Å². The number of benzene rings is 2. The van der Waals surface area contributed by atoms with Crippen molar-refractivity contribution in [2.75, 3.05) is 0 Å². The van der Waals surface area contributed by atoms with Crippen molar-refractivity contribution in [1.82, 2.24) is 9.55 Å². The van der Waals surface area contributed by atoms with Crippen LogP contribution < -0.4 is 10.3 Å². The zero-order valence-corrected chi connectivity index (χ0v) is 14.9. The Labute approximate surface area is 157 Å². The Morgan fingerprint density at radius 1 is 1.11 bits per heavy atom. The summed E-state index contributed by atoms with van der Waals surface area (Å²) in [5, 5.41) is 1.24. The molecule has 4 rings (SSSR count). The van der Waals surface area contributed by atoms with E-state index in [9.17, 15) is 18.0 Å². The Hall–Kier alpha value is -2.48. The highest BCUT2D eigenvalue weighted by Gasteiger charge is 2.31. The Morgan fingerprint density at radius 2 is 1.81 bits per heavy atom. The Morgan fingerprint density at radius 3 is 2.48 bits per heavy atom. The third-order valence-corrected chi connectivity index (χ3v) is 5.24. The molecule has 0 unspecified atom stereocenters. The van der Waals surface area contributed by atoms with Crippen LogP contribution in [0.1, 0.15) is 24.4 Å². The average molecular weight is 392 g/mol. The van der Waals surface area contributed by atoms with E-state index in [0.29, 0.717) is 21.8 Å². The van der Waals surface area contributed by atoms with Crippen LogP contribution in [-0.4, -0.2) is 15.9 Å². The van der Waals surface area contributed by atoms with Gasteiger partial charge in [-0.15, -0.1) is 13.2 Å². The van der Waals surface area contributed by atoms with Crippen molar-refractivity contribution in [3.63, 3.8) is 0 Å². The van der Waals surface area contributed by atoms with Crippen LogP contribution in [0.25, 0.3) is 10.9 Å². The van der Waals surface area contributed by atoms with Crippen molar-refractivity contribution in [1.29, 1.82) is 0 Å². The van der Waals surface area contributed by atoms with Gasteiger partial charge in [0.1, 0.15) is 5.75 Å². The highest BCUT2D eigenvalue weighted by Crippen LogP contribution is 2.37. The van der Waals surface area contributed by atoms with Gasteiger partial charge in [0.05, 0.1) is 10.9 Å². The molecule has 0 radical (unpaired) electrons. The Balaban J connectivity index is 1.57. The summed E-state index contributed by atoms with van der Waals surface area (Å²) in [4.78, 5) is 17.4. The molecule has 1 aliphatic rings. The van der Waals surface area contributed by atoms with E-state index in [1.165, 1.54) is 23.9 Å². The van der Waals surface area contributed by atoms with Crippen LogP contribution in [0.4, 0.5) is 13.2 Å².